The number of carbonyl (C=O) groups is 1. The van der Waals surface area contributed by atoms with Crippen LogP contribution in [0.25, 0.3) is 0 Å². The van der Waals surface area contributed by atoms with Crippen molar-refractivity contribution in [3.8, 4) is 5.75 Å². The Morgan fingerprint density at radius 3 is 2.46 bits per heavy atom. The first kappa shape index (κ1) is 16.7. The molecule has 1 heterocycles. The van der Waals surface area contributed by atoms with Crippen LogP contribution in [-0.2, 0) is 10.1 Å². The Morgan fingerprint density at radius 1 is 1.04 bits per heavy atom. The number of anilines is 2. The van der Waals surface area contributed by atoms with E-state index in [9.17, 15) is 26.4 Å². The molecule has 24 heavy (non-hydrogen) atoms. The number of benzene rings is 2. The first-order chi connectivity index (χ1) is 11.2. The van der Waals surface area contributed by atoms with E-state index in [1.165, 1.54) is 6.07 Å². The molecule has 10 heteroatoms. The van der Waals surface area contributed by atoms with E-state index in [1.54, 1.807) is 24.3 Å². The standard InChI is InChI=1S/C14H8F3NO4S2/c15-14(16,17)24(20,21)22-8-5-6-10-9(7-8)13(19)23-12-4-2-1-3-11(12)18-10/h1-7,18H. The van der Waals surface area contributed by atoms with E-state index >= 15 is 0 Å². The van der Waals surface area contributed by atoms with Crippen LogP contribution in [0.4, 0.5) is 24.5 Å². The van der Waals surface area contributed by atoms with Crippen molar-refractivity contribution in [1.82, 2.24) is 0 Å². The monoisotopic (exact) mass is 375 g/mol. The highest BCUT2D eigenvalue weighted by Gasteiger charge is 2.48. The lowest BCUT2D eigenvalue weighted by Crippen LogP contribution is -2.28. The van der Waals surface area contributed by atoms with Crippen LogP contribution in [0.15, 0.2) is 47.4 Å². The summed E-state index contributed by atoms with van der Waals surface area (Å²) in [6.45, 7) is 0. The van der Waals surface area contributed by atoms with E-state index in [1.807, 2.05) is 0 Å². The normalized spacial score (nSPS) is 14.2. The molecular formula is C14H8F3NO4S2. The van der Waals surface area contributed by atoms with Crippen LogP contribution in [0.1, 0.15) is 10.4 Å². The lowest BCUT2D eigenvalue weighted by Gasteiger charge is -2.12. The zero-order valence-electron chi connectivity index (χ0n) is 11.6. The third kappa shape index (κ3) is 3.06. The Labute approximate surface area is 138 Å². The topological polar surface area (TPSA) is 72.5 Å². The lowest BCUT2D eigenvalue weighted by atomic mass is 10.1. The van der Waals surface area contributed by atoms with E-state index in [-0.39, 0.29) is 5.56 Å². The number of fused-ring (bicyclic) bond motifs is 2. The minimum Gasteiger partial charge on any atom is -0.376 e. The van der Waals surface area contributed by atoms with Gasteiger partial charge in [0.2, 0.25) is 5.12 Å². The van der Waals surface area contributed by atoms with Gasteiger partial charge in [-0.15, -0.1) is 0 Å². The van der Waals surface area contributed by atoms with Gasteiger partial charge in [-0.05, 0) is 42.1 Å². The number of nitrogens with one attached hydrogen (secondary N) is 1. The van der Waals surface area contributed by atoms with Gasteiger partial charge in [-0.1, -0.05) is 12.1 Å². The number of halogens is 3. The van der Waals surface area contributed by atoms with Crippen LogP contribution < -0.4 is 9.50 Å². The smallest absolute Gasteiger partial charge is 0.376 e. The highest BCUT2D eigenvalue weighted by atomic mass is 32.2. The van der Waals surface area contributed by atoms with Gasteiger partial charge in [0, 0.05) is 4.90 Å². The van der Waals surface area contributed by atoms with Crippen LogP contribution >= 0.6 is 11.8 Å². The zero-order chi connectivity index (χ0) is 17.5. The van der Waals surface area contributed by atoms with E-state index in [2.05, 4.69) is 9.50 Å². The van der Waals surface area contributed by atoms with E-state index in [4.69, 9.17) is 0 Å². The minimum atomic E-state index is -5.80. The molecule has 3 rings (SSSR count). The average molecular weight is 375 g/mol. The van der Waals surface area contributed by atoms with Crippen molar-refractivity contribution in [3.05, 3.63) is 48.0 Å². The van der Waals surface area contributed by atoms with Crippen molar-refractivity contribution in [2.45, 2.75) is 10.4 Å². The molecule has 1 N–H and O–H groups in total. The van der Waals surface area contributed by atoms with Crippen molar-refractivity contribution in [2.24, 2.45) is 0 Å². The maximum Gasteiger partial charge on any atom is 0.534 e. The van der Waals surface area contributed by atoms with Gasteiger partial charge in [0.15, 0.2) is 0 Å². The van der Waals surface area contributed by atoms with Gasteiger partial charge in [-0.25, -0.2) is 0 Å². The fourth-order valence-corrected chi connectivity index (χ4v) is 3.29. The molecule has 0 amide bonds. The molecule has 0 aromatic heterocycles. The number of hydrogen-bond donors (Lipinski definition) is 1. The summed E-state index contributed by atoms with van der Waals surface area (Å²) in [5, 5.41) is 2.54. The number of thioether (sulfide) groups is 1. The Balaban J connectivity index is 1.98. The molecule has 0 saturated heterocycles. The molecule has 0 spiro atoms. The maximum absolute atomic E-state index is 12.4. The molecule has 0 fully saturated rings. The summed E-state index contributed by atoms with van der Waals surface area (Å²) in [5.74, 6) is -0.590. The van der Waals surface area contributed by atoms with Crippen LogP contribution in [0.5, 0.6) is 5.75 Å². The molecule has 0 atom stereocenters. The summed E-state index contributed by atoms with van der Waals surface area (Å²) in [5.41, 5.74) is -4.53. The van der Waals surface area contributed by atoms with Crippen LogP contribution in [-0.4, -0.2) is 19.0 Å². The predicted molar refractivity (Wildman–Crippen MR) is 82.0 cm³/mol. The molecule has 0 saturated carbocycles. The fourth-order valence-electron chi connectivity index (χ4n) is 1.99. The number of alkyl halides is 3. The Kier molecular flexibility index (Phi) is 3.96. The van der Waals surface area contributed by atoms with Crippen molar-refractivity contribution in [1.29, 1.82) is 0 Å². The molecule has 2 aromatic carbocycles. The molecule has 126 valence electrons. The molecule has 0 unspecified atom stereocenters. The summed E-state index contributed by atoms with van der Waals surface area (Å²) >= 11 is 0.879. The lowest BCUT2D eigenvalue weighted by molar-refractivity contribution is -0.0500. The van der Waals surface area contributed by atoms with Gasteiger partial charge in [0.05, 0.1) is 16.9 Å². The summed E-state index contributed by atoms with van der Waals surface area (Å²) in [7, 11) is -5.80. The van der Waals surface area contributed by atoms with Gasteiger partial charge in [0.1, 0.15) is 5.75 Å². The van der Waals surface area contributed by atoms with Gasteiger partial charge < -0.3 is 9.50 Å². The largest absolute Gasteiger partial charge is 0.534 e. The van der Waals surface area contributed by atoms with Crippen LogP contribution in [0.2, 0.25) is 0 Å². The Morgan fingerprint density at radius 2 is 1.75 bits per heavy atom. The van der Waals surface area contributed by atoms with Gasteiger partial charge in [-0.3, -0.25) is 4.79 Å². The second kappa shape index (κ2) is 5.71. The highest BCUT2D eigenvalue weighted by Crippen LogP contribution is 2.39. The summed E-state index contributed by atoms with van der Waals surface area (Å²) in [4.78, 5) is 12.9. The molecule has 0 bridgehead atoms. The van der Waals surface area contributed by atoms with Crippen LogP contribution in [0.3, 0.4) is 0 Å². The summed E-state index contributed by atoms with van der Waals surface area (Å²) in [6, 6.07) is 10.2. The Bertz CT molecular complexity index is 926. The first-order valence-corrected chi connectivity index (χ1v) is 8.63. The molecule has 5 nitrogen and oxygen atoms in total. The van der Waals surface area contributed by atoms with E-state index in [0.29, 0.717) is 16.3 Å². The summed E-state index contributed by atoms with van der Waals surface area (Å²) < 4.78 is 63.3. The molecule has 1 aliphatic rings. The molecule has 2 aromatic rings. The van der Waals surface area contributed by atoms with Crippen molar-refractivity contribution < 1.29 is 30.6 Å². The number of carbonyl (C=O) groups excluding carboxylic acids is 1. The average Bonchev–Trinajstić information content (AvgIpc) is 2.62. The van der Waals surface area contributed by atoms with Gasteiger partial charge in [-0.2, -0.15) is 21.6 Å². The Hall–Kier alpha value is -2.20. The minimum absolute atomic E-state index is 0.0195. The second-order valence-electron chi connectivity index (χ2n) is 4.70. The molecule has 1 aliphatic heterocycles. The quantitative estimate of drug-likeness (QED) is 0.634. The van der Waals surface area contributed by atoms with Gasteiger partial charge >= 0.3 is 15.6 Å². The van der Waals surface area contributed by atoms with Crippen molar-refractivity contribution in [3.63, 3.8) is 0 Å². The number of rotatable bonds is 2. The van der Waals surface area contributed by atoms with Crippen molar-refractivity contribution in [2.75, 3.05) is 5.32 Å². The second-order valence-corrected chi connectivity index (χ2v) is 7.25. The van der Waals surface area contributed by atoms with Crippen molar-refractivity contribution >= 4 is 38.4 Å². The SMILES string of the molecule is O=C1Sc2ccccc2Nc2ccc(OS(=O)(=O)C(F)(F)F)cc21. The maximum atomic E-state index is 12.4. The highest BCUT2D eigenvalue weighted by molar-refractivity contribution is 8.14. The third-order valence-electron chi connectivity index (χ3n) is 3.06. The molecular weight excluding hydrogens is 367 g/mol. The first-order valence-electron chi connectivity index (χ1n) is 6.40. The van der Waals surface area contributed by atoms with E-state index in [0.717, 1.165) is 23.9 Å². The number of hydrogen-bond acceptors (Lipinski definition) is 6. The van der Waals surface area contributed by atoms with Gasteiger partial charge in [0.25, 0.3) is 0 Å². The van der Waals surface area contributed by atoms with E-state index < -0.39 is 26.5 Å². The third-order valence-corrected chi connectivity index (χ3v) is 5.02. The number of para-hydroxylation sites is 1. The predicted octanol–water partition coefficient (Wildman–Crippen LogP) is 3.90. The zero-order valence-corrected chi connectivity index (χ0v) is 13.3. The molecule has 0 aliphatic carbocycles. The van der Waals surface area contributed by atoms with Crippen LogP contribution in [0, 0.1) is 0 Å². The fraction of sp³-hybridized carbons (Fsp3) is 0.0714. The summed E-state index contributed by atoms with van der Waals surface area (Å²) in [6.07, 6.45) is 0. The molecule has 0 radical (unpaired) electrons.